The van der Waals surface area contributed by atoms with Gasteiger partial charge in [-0.15, -0.1) is 0 Å². The summed E-state index contributed by atoms with van der Waals surface area (Å²) in [7, 11) is 0. The van der Waals surface area contributed by atoms with Gasteiger partial charge in [-0.3, -0.25) is 19.4 Å². The lowest BCUT2D eigenvalue weighted by molar-refractivity contribution is -0.135. The first-order valence-corrected chi connectivity index (χ1v) is 13.5. The van der Waals surface area contributed by atoms with Crippen LogP contribution >= 0.6 is 31.9 Å². The van der Waals surface area contributed by atoms with Gasteiger partial charge in [-0.25, -0.2) is 9.91 Å². The molecule has 0 aromatic heterocycles. The van der Waals surface area contributed by atoms with E-state index in [0.29, 0.717) is 12.1 Å². The van der Waals surface area contributed by atoms with Crippen molar-refractivity contribution in [2.45, 2.75) is 24.5 Å². The largest absolute Gasteiger partial charge is 0.271 e. The molecule has 11 heteroatoms. The highest BCUT2D eigenvalue weighted by Gasteiger charge is 2.55. The Hall–Kier alpha value is -3.70. The summed E-state index contributed by atoms with van der Waals surface area (Å²) in [5.74, 6) is -1.26. The van der Waals surface area contributed by atoms with Crippen LogP contribution in [0.2, 0.25) is 0 Å². The van der Waals surface area contributed by atoms with Crippen LogP contribution in [0.3, 0.4) is 0 Å². The molecule has 0 radical (unpaired) electrons. The van der Waals surface area contributed by atoms with E-state index in [-0.39, 0.29) is 18.5 Å². The zero-order chi connectivity index (χ0) is 26.4. The van der Waals surface area contributed by atoms with Gasteiger partial charge in [-0.1, -0.05) is 79.5 Å². The number of hydrogen-bond acceptors (Lipinski definition) is 7. The predicted octanol–water partition coefficient (Wildman–Crippen LogP) is 4.88. The number of halogens is 2. The average Bonchev–Trinajstić information content (AvgIpc) is 3.61. The van der Waals surface area contributed by atoms with Crippen LogP contribution < -0.4 is 4.90 Å². The Morgan fingerprint density at radius 1 is 0.868 bits per heavy atom. The predicted molar refractivity (Wildman–Crippen MR) is 147 cm³/mol. The third kappa shape index (κ3) is 4.35. The van der Waals surface area contributed by atoms with Crippen LogP contribution in [0, 0.1) is 0 Å². The standard InChI is InChI=1S/C27H20Br2N6O3/c28-18-8-6-16(7-9-18)21-14-22(17-4-2-1-3-5-17)35(31-21)23(36)15-33-25-24(30-32-33)26(37)34(27(25)38)20-12-10-19(29)11-13-20/h1-13,22,24-25H,14-15H2. The van der Waals surface area contributed by atoms with Crippen LogP contribution in [-0.2, 0) is 14.4 Å². The van der Waals surface area contributed by atoms with Crippen molar-refractivity contribution < 1.29 is 14.4 Å². The fraction of sp³-hybridized carbons (Fsp3) is 0.185. The van der Waals surface area contributed by atoms with E-state index in [4.69, 9.17) is 5.10 Å². The molecule has 0 aliphatic carbocycles. The number of carbonyl (C=O) groups excluding carboxylic acids is 3. The third-order valence-corrected chi connectivity index (χ3v) is 7.83. The maximum Gasteiger partial charge on any atom is 0.264 e. The number of hydrogen-bond donors (Lipinski definition) is 0. The molecular formula is C27H20Br2N6O3. The Morgan fingerprint density at radius 2 is 1.53 bits per heavy atom. The van der Waals surface area contributed by atoms with E-state index in [9.17, 15) is 14.4 Å². The van der Waals surface area contributed by atoms with E-state index >= 15 is 0 Å². The smallest absolute Gasteiger partial charge is 0.264 e. The third-order valence-electron chi connectivity index (χ3n) is 6.77. The maximum absolute atomic E-state index is 13.6. The van der Waals surface area contributed by atoms with E-state index in [1.807, 2.05) is 54.6 Å². The normalized spacial score (nSPS) is 22.3. The first-order chi connectivity index (χ1) is 18.4. The zero-order valence-electron chi connectivity index (χ0n) is 19.8. The summed E-state index contributed by atoms with van der Waals surface area (Å²) in [4.78, 5) is 41.1. The van der Waals surface area contributed by atoms with Crippen molar-refractivity contribution in [3.63, 3.8) is 0 Å². The molecular weight excluding hydrogens is 616 g/mol. The van der Waals surface area contributed by atoms with Gasteiger partial charge < -0.3 is 0 Å². The topological polar surface area (TPSA) is 98.0 Å². The van der Waals surface area contributed by atoms with Crippen molar-refractivity contribution in [1.29, 1.82) is 0 Å². The summed E-state index contributed by atoms with van der Waals surface area (Å²) in [6.07, 6.45) is 0.541. The number of amides is 3. The Morgan fingerprint density at radius 3 is 2.21 bits per heavy atom. The van der Waals surface area contributed by atoms with Crippen LogP contribution in [0.5, 0.6) is 0 Å². The van der Waals surface area contributed by atoms with E-state index < -0.39 is 23.9 Å². The van der Waals surface area contributed by atoms with Crippen LogP contribution in [0.1, 0.15) is 23.6 Å². The number of nitrogens with zero attached hydrogens (tertiary/aromatic N) is 6. The molecule has 6 rings (SSSR count). The van der Waals surface area contributed by atoms with E-state index in [2.05, 4.69) is 42.2 Å². The van der Waals surface area contributed by atoms with Gasteiger partial charge in [0, 0.05) is 15.4 Å². The fourth-order valence-electron chi connectivity index (χ4n) is 4.90. The number of anilines is 1. The summed E-state index contributed by atoms with van der Waals surface area (Å²) >= 11 is 6.81. The summed E-state index contributed by atoms with van der Waals surface area (Å²) < 4.78 is 1.78. The highest BCUT2D eigenvalue weighted by molar-refractivity contribution is 9.10. The summed E-state index contributed by atoms with van der Waals surface area (Å²) in [5.41, 5.74) is 3.11. The van der Waals surface area contributed by atoms with Crippen molar-refractivity contribution in [2.75, 3.05) is 11.4 Å². The number of benzene rings is 3. The van der Waals surface area contributed by atoms with Crippen LogP contribution in [-0.4, -0.2) is 52.1 Å². The number of carbonyl (C=O) groups is 3. The summed E-state index contributed by atoms with van der Waals surface area (Å²) in [5, 5.41) is 15.6. The van der Waals surface area contributed by atoms with E-state index in [1.165, 1.54) is 10.0 Å². The van der Waals surface area contributed by atoms with Gasteiger partial charge in [-0.05, 0) is 47.5 Å². The monoisotopic (exact) mass is 634 g/mol. The quantitative estimate of drug-likeness (QED) is 0.373. The second-order valence-corrected chi connectivity index (χ2v) is 10.9. The minimum atomic E-state index is -0.982. The Balaban J connectivity index is 1.25. The number of imide groups is 1. The number of fused-ring (bicyclic) bond motifs is 1. The van der Waals surface area contributed by atoms with Gasteiger partial charge in [0.15, 0.2) is 12.1 Å². The van der Waals surface area contributed by atoms with Crippen molar-refractivity contribution in [2.24, 2.45) is 15.4 Å². The first-order valence-electron chi connectivity index (χ1n) is 11.9. The lowest BCUT2D eigenvalue weighted by Crippen LogP contribution is -2.44. The number of hydrazone groups is 1. The maximum atomic E-state index is 13.6. The molecule has 3 heterocycles. The summed E-state index contributed by atoms with van der Waals surface area (Å²) in [6, 6.07) is 22.1. The molecule has 1 fully saturated rings. The molecule has 3 aliphatic heterocycles. The van der Waals surface area contributed by atoms with Gasteiger partial charge >= 0.3 is 0 Å². The second-order valence-electron chi connectivity index (χ2n) is 9.10. The van der Waals surface area contributed by atoms with Crippen molar-refractivity contribution in [3.8, 4) is 0 Å². The van der Waals surface area contributed by atoms with Gasteiger partial charge in [-0.2, -0.15) is 10.2 Å². The van der Waals surface area contributed by atoms with Crippen molar-refractivity contribution in [3.05, 3.63) is 98.9 Å². The molecule has 3 aromatic rings. The Labute approximate surface area is 235 Å². The molecule has 0 spiro atoms. The Kier molecular flexibility index (Phi) is 6.40. The first kappa shape index (κ1) is 24.6. The van der Waals surface area contributed by atoms with Crippen molar-refractivity contribution in [1.82, 2.24) is 10.0 Å². The minimum Gasteiger partial charge on any atom is -0.271 e. The van der Waals surface area contributed by atoms with Gasteiger partial charge in [0.2, 0.25) is 0 Å². The molecule has 3 unspecified atom stereocenters. The lowest BCUT2D eigenvalue weighted by Gasteiger charge is -2.25. The molecule has 3 atom stereocenters. The second kappa shape index (κ2) is 9.88. The van der Waals surface area contributed by atoms with Crippen LogP contribution in [0.4, 0.5) is 5.69 Å². The molecule has 9 nitrogen and oxygen atoms in total. The molecule has 0 N–H and O–H groups in total. The van der Waals surface area contributed by atoms with E-state index in [0.717, 1.165) is 30.7 Å². The molecule has 0 saturated carbocycles. The molecule has 190 valence electrons. The van der Waals surface area contributed by atoms with Gasteiger partial charge in [0.1, 0.15) is 6.54 Å². The zero-order valence-corrected chi connectivity index (χ0v) is 23.0. The molecule has 1 saturated heterocycles. The molecule has 3 aliphatic rings. The van der Waals surface area contributed by atoms with Crippen LogP contribution in [0.15, 0.2) is 103 Å². The molecule has 3 aromatic carbocycles. The van der Waals surface area contributed by atoms with Crippen LogP contribution in [0.25, 0.3) is 0 Å². The van der Waals surface area contributed by atoms with Gasteiger partial charge in [0.05, 0.1) is 17.4 Å². The molecule has 0 bridgehead atoms. The number of rotatable bonds is 5. The molecule has 3 amide bonds. The van der Waals surface area contributed by atoms with E-state index in [1.54, 1.807) is 24.3 Å². The summed E-state index contributed by atoms with van der Waals surface area (Å²) in [6.45, 7) is -0.238. The lowest BCUT2D eigenvalue weighted by atomic mass is 9.98. The Bertz CT molecular complexity index is 1480. The fourth-order valence-corrected chi connectivity index (χ4v) is 5.43. The van der Waals surface area contributed by atoms with Crippen molar-refractivity contribution >= 4 is 61.0 Å². The van der Waals surface area contributed by atoms with Gasteiger partial charge in [0.25, 0.3) is 17.7 Å². The highest BCUT2D eigenvalue weighted by Crippen LogP contribution is 2.35. The SMILES string of the molecule is O=C1C2N=NN(CC(=O)N3N=C(c4ccc(Br)cc4)CC3c3ccccc3)C2C(=O)N1c1ccc(Br)cc1. The highest BCUT2D eigenvalue weighted by atomic mass is 79.9. The average molecular weight is 636 g/mol. The molecule has 38 heavy (non-hydrogen) atoms. The minimum absolute atomic E-state index is 0.238.